The van der Waals surface area contributed by atoms with Gasteiger partial charge in [-0.2, -0.15) is 0 Å². The first kappa shape index (κ1) is 51.5. The van der Waals surface area contributed by atoms with Crippen LogP contribution in [-0.2, 0) is 37.2 Å². The van der Waals surface area contributed by atoms with E-state index in [2.05, 4.69) is 0 Å². The summed E-state index contributed by atoms with van der Waals surface area (Å²) in [5, 5.41) is 0. The summed E-state index contributed by atoms with van der Waals surface area (Å²) in [6.45, 7) is 0. The van der Waals surface area contributed by atoms with Gasteiger partial charge in [0.05, 0.1) is 0 Å². The normalized spacial score (nSPS) is 0. The Balaban J connectivity index is 0. The van der Waals surface area contributed by atoms with Crippen molar-refractivity contribution in [2.45, 2.75) is 0 Å². The van der Waals surface area contributed by atoms with Gasteiger partial charge in [0.2, 0.25) is 0 Å². The quantitative estimate of drug-likeness (QED) is 0.596. The van der Waals surface area contributed by atoms with E-state index in [0.717, 1.165) is 0 Å². The molecule has 0 aromatic rings. The van der Waals surface area contributed by atoms with Crippen molar-refractivity contribution in [1.29, 1.82) is 0 Å². The van der Waals surface area contributed by atoms with Gasteiger partial charge in [0.15, 0.2) is 0 Å². The van der Waals surface area contributed by atoms with Crippen molar-refractivity contribution in [3.8, 4) is 0 Å². The van der Waals surface area contributed by atoms with Gasteiger partial charge in [0, 0.05) is 20.4 Å². The number of hydrogen-bond donors (Lipinski definition) is 0. The first-order chi connectivity index (χ1) is 0. The van der Waals surface area contributed by atoms with Crippen LogP contribution in [0.15, 0.2) is 0 Å². The van der Waals surface area contributed by atoms with Crippen molar-refractivity contribution in [1.82, 2.24) is 0 Å². The molecular weight excluding hydrogens is 338 g/mol. The van der Waals surface area contributed by atoms with Crippen LogP contribution in [0.3, 0.4) is 0 Å². The maximum Gasteiger partial charge on any atom is 2.00 e. The van der Waals surface area contributed by atoms with E-state index in [-0.39, 0.29) is 66.9 Å². The van der Waals surface area contributed by atoms with Crippen LogP contribution in [0.2, 0.25) is 0 Å². The van der Waals surface area contributed by atoms with E-state index in [1.807, 2.05) is 0 Å². The Hall–Kier alpha value is 2.46. The molecule has 0 aliphatic rings. The second-order valence-corrected chi connectivity index (χ2v) is 0. The van der Waals surface area contributed by atoms with Crippen LogP contribution in [0.25, 0.3) is 0 Å². The molecule has 38 valence electrons. The Morgan fingerprint density at radius 1 is 0.600 bits per heavy atom. The maximum atomic E-state index is 0. The van der Waals surface area contributed by atoms with Crippen LogP contribution >= 0.6 is 29.7 Å². The molecule has 0 aliphatic carbocycles. The summed E-state index contributed by atoms with van der Waals surface area (Å²) in [5.41, 5.74) is 0. The second-order valence-electron chi connectivity index (χ2n) is 0. The van der Waals surface area contributed by atoms with Gasteiger partial charge >= 0.3 is 16.8 Å². The van der Waals surface area contributed by atoms with Gasteiger partial charge in [-0.25, -0.2) is 0 Å². The van der Waals surface area contributed by atoms with Crippen molar-refractivity contribution in [3.05, 3.63) is 0 Å². The molecular formula is CoP3Re-7. The first-order valence-corrected chi connectivity index (χ1v) is 0. The molecule has 0 aromatic heterocycles. The molecule has 0 N–H and O–H groups in total. The third-order valence-corrected chi connectivity index (χ3v) is 0. The molecule has 0 unspecified atom stereocenters. The molecule has 0 rings (SSSR count). The predicted octanol–water partition coefficient (Wildman–Crippen LogP) is 2.58. The van der Waals surface area contributed by atoms with E-state index in [1.54, 1.807) is 0 Å². The molecule has 0 saturated heterocycles. The van der Waals surface area contributed by atoms with Gasteiger partial charge in [-0.15, -0.1) is 0 Å². The van der Waals surface area contributed by atoms with Crippen molar-refractivity contribution >= 4 is 29.7 Å². The molecule has 0 atom stereocenters. The summed E-state index contributed by atoms with van der Waals surface area (Å²) < 4.78 is 0. The van der Waals surface area contributed by atoms with Crippen LogP contribution in [0, 0.1) is 0 Å². The van der Waals surface area contributed by atoms with E-state index in [0.29, 0.717) is 0 Å². The molecule has 0 spiro atoms. The molecule has 0 bridgehead atoms. The Kier molecular flexibility index (Phi) is 328. The standard InChI is InChI=1S/Co.3P.Re/q+2;3*-3;. The summed E-state index contributed by atoms with van der Waals surface area (Å²) in [7, 11) is 0. The van der Waals surface area contributed by atoms with Crippen LogP contribution in [0.4, 0.5) is 0 Å². The maximum absolute atomic E-state index is 0. The fourth-order valence-electron chi connectivity index (χ4n) is 0. The molecule has 2 radical (unpaired) electrons. The Morgan fingerprint density at radius 3 is 0.600 bits per heavy atom. The average molecular weight is 338 g/mol. The van der Waals surface area contributed by atoms with E-state index < -0.39 is 0 Å². The van der Waals surface area contributed by atoms with Crippen LogP contribution < -0.4 is 0 Å². The summed E-state index contributed by atoms with van der Waals surface area (Å²) in [6.07, 6.45) is 0. The fourth-order valence-corrected chi connectivity index (χ4v) is 0. The van der Waals surface area contributed by atoms with E-state index in [4.69, 9.17) is 0 Å². The van der Waals surface area contributed by atoms with Gasteiger partial charge < -0.3 is 29.7 Å². The Labute approximate surface area is 66.7 Å². The summed E-state index contributed by atoms with van der Waals surface area (Å²) in [4.78, 5) is 0. The number of hydrogen-bond acceptors (Lipinski definition) is 0. The van der Waals surface area contributed by atoms with Gasteiger partial charge in [0.1, 0.15) is 0 Å². The third kappa shape index (κ3) is 21.2. The van der Waals surface area contributed by atoms with Gasteiger partial charge in [-0.3, -0.25) is 0 Å². The van der Waals surface area contributed by atoms with E-state index in [1.165, 1.54) is 0 Å². The SMILES string of the molecule is [Co+2].[P-3].[P-3].[P-3].[Re]. The van der Waals surface area contributed by atoms with Gasteiger partial charge in [0.25, 0.3) is 0 Å². The molecule has 0 heterocycles. The largest absolute Gasteiger partial charge is 3.00 e. The Morgan fingerprint density at radius 2 is 0.600 bits per heavy atom. The zero-order valence-electron chi connectivity index (χ0n) is 2.05. The van der Waals surface area contributed by atoms with Crippen molar-refractivity contribution in [2.24, 2.45) is 0 Å². The molecule has 0 saturated carbocycles. The van der Waals surface area contributed by atoms with Crippen molar-refractivity contribution in [2.75, 3.05) is 0 Å². The minimum Gasteiger partial charge on any atom is -3.00 e. The molecule has 0 aliphatic heterocycles. The molecule has 0 aromatic carbocycles. The van der Waals surface area contributed by atoms with Crippen LogP contribution in [0.1, 0.15) is 0 Å². The van der Waals surface area contributed by atoms with E-state index in [9.17, 15) is 0 Å². The fraction of sp³-hybridized carbons (Fsp3) is 0. The molecule has 0 fully saturated rings. The third-order valence-electron chi connectivity index (χ3n) is 0. The van der Waals surface area contributed by atoms with Crippen molar-refractivity contribution in [3.63, 3.8) is 0 Å². The predicted molar refractivity (Wildman–Crippen MR) is 20.8 cm³/mol. The summed E-state index contributed by atoms with van der Waals surface area (Å²) >= 11 is 0. The average Bonchev–Trinajstić information content (AvgIpc) is 0. The van der Waals surface area contributed by atoms with Crippen LogP contribution in [-0.4, -0.2) is 0 Å². The van der Waals surface area contributed by atoms with Crippen molar-refractivity contribution < 1.29 is 37.2 Å². The minimum absolute atomic E-state index is 0. The minimum atomic E-state index is 0. The number of rotatable bonds is 0. The summed E-state index contributed by atoms with van der Waals surface area (Å²) in [6, 6.07) is 0. The zero-order chi connectivity index (χ0) is 0. The van der Waals surface area contributed by atoms with E-state index >= 15 is 0 Å². The summed E-state index contributed by atoms with van der Waals surface area (Å²) in [5.74, 6) is 0. The smallest absolute Gasteiger partial charge is 2.00 e. The molecule has 5 heteroatoms. The monoisotopic (exact) mass is 339 g/mol. The Bertz CT molecular complexity index is 6.85. The second kappa shape index (κ2) is 31.8. The zero-order valence-corrected chi connectivity index (χ0v) is 8.49. The first-order valence-electron chi connectivity index (χ1n) is 0. The topological polar surface area (TPSA) is 0 Å². The van der Waals surface area contributed by atoms with Crippen LogP contribution in [0.5, 0.6) is 0 Å². The molecule has 0 nitrogen and oxygen atoms in total. The van der Waals surface area contributed by atoms with Gasteiger partial charge in [-0.05, 0) is 0 Å². The van der Waals surface area contributed by atoms with Gasteiger partial charge in [-0.1, -0.05) is 0 Å². The molecule has 0 amide bonds. The molecule has 5 heavy (non-hydrogen) atoms.